The molecular weight excluding hydrogens is 346 g/mol. The zero-order chi connectivity index (χ0) is 18.4. The van der Waals surface area contributed by atoms with Crippen LogP contribution in [0.15, 0.2) is 48.5 Å². The Morgan fingerprint density at radius 2 is 1.76 bits per heavy atom. The Hall–Kier alpha value is -2.86. The van der Waals surface area contributed by atoms with Gasteiger partial charge in [-0.2, -0.15) is 0 Å². The van der Waals surface area contributed by atoms with Gasteiger partial charge in [0.15, 0.2) is 0 Å². The third kappa shape index (κ3) is 5.32. The van der Waals surface area contributed by atoms with Crippen molar-refractivity contribution in [3.8, 4) is 5.75 Å². The first kappa shape index (κ1) is 18.5. The van der Waals surface area contributed by atoms with E-state index in [0.717, 1.165) is 0 Å². The lowest BCUT2D eigenvalue weighted by Crippen LogP contribution is -2.42. The molecule has 7 heteroatoms. The number of nitrogens with one attached hydrogen (secondary N) is 1. The number of amides is 1. The molecule has 6 nitrogen and oxygen atoms in total. The number of ether oxygens (including phenoxy) is 1. The molecule has 0 spiro atoms. The third-order valence-corrected chi connectivity index (χ3v) is 3.73. The number of esters is 1. The Morgan fingerprint density at radius 3 is 2.32 bits per heavy atom. The van der Waals surface area contributed by atoms with E-state index in [0.29, 0.717) is 16.3 Å². The molecular formula is C18H16ClNO5. The summed E-state index contributed by atoms with van der Waals surface area (Å²) in [4.78, 5) is 34.6. The maximum absolute atomic E-state index is 12.3. The molecule has 2 aromatic rings. The molecule has 0 aliphatic rings. The lowest BCUT2D eigenvalue weighted by molar-refractivity contribution is -0.139. The van der Waals surface area contributed by atoms with Gasteiger partial charge < -0.3 is 15.2 Å². The summed E-state index contributed by atoms with van der Waals surface area (Å²) in [7, 11) is 0. The highest BCUT2D eigenvalue weighted by Crippen LogP contribution is 2.17. The van der Waals surface area contributed by atoms with E-state index < -0.39 is 23.9 Å². The van der Waals surface area contributed by atoms with Crippen molar-refractivity contribution < 1.29 is 24.2 Å². The van der Waals surface area contributed by atoms with Crippen molar-refractivity contribution in [1.29, 1.82) is 0 Å². The van der Waals surface area contributed by atoms with Crippen molar-refractivity contribution in [2.24, 2.45) is 0 Å². The van der Waals surface area contributed by atoms with Crippen LogP contribution in [-0.4, -0.2) is 29.0 Å². The van der Waals surface area contributed by atoms with E-state index in [1.54, 1.807) is 24.3 Å². The summed E-state index contributed by atoms with van der Waals surface area (Å²) in [5.74, 6) is -1.88. The lowest BCUT2D eigenvalue weighted by atomic mass is 10.1. The largest absolute Gasteiger partial charge is 0.480 e. The number of carboxylic acid groups (broad SMARTS) is 1. The van der Waals surface area contributed by atoms with Crippen molar-refractivity contribution in [2.75, 3.05) is 0 Å². The number of hydrogen-bond donors (Lipinski definition) is 2. The standard InChI is InChI=1S/C18H16ClNO5/c1-11(21)25-14-8-6-12(7-9-14)17(22)20-16(18(23)24)10-13-4-2-3-5-15(13)19/h2-9,16H,10H2,1H3,(H,20,22)(H,23,24)/t16-/m1/s1. The first-order valence-corrected chi connectivity index (χ1v) is 7.80. The molecule has 2 N–H and O–H groups in total. The van der Waals surface area contributed by atoms with Gasteiger partial charge in [0.05, 0.1) is 0 Å². The molecule has 0 aliphatic carbocycles. The number of aliphatic carboxylic acids is 1. The zero-order valence-electron chi connectivity index (χ0n) is 13.4. The highest BCUT2D eigenvalue weighted by Gasteiger charge is 2.22. The van der Waals surface area contributed by atoms with Crippen molar-refractivity contribution in [2.45, 2.75) is 19.4 Å². The molecule has 0 aliphatic heterocycles. The van der Waals surface area contributed by atoms with Crippen molar-refractivity contribution in [3.05, 3.63) is 64.7 Å². The van der Waals surface area contributed by atoms with Crippen LogP contribution in [-0.2, 0) is 16.0 Å². The highest BCUT2D eigenvalue weighted by molar-refractivity contribution is 6.31. The SMILES string of the molecule is CC(=O)Oc1ccc(C(=O)N[C@H](Cc2ccccc2Cl)C(=O)O)cc1. The van der Waals surface area contributed by atoms with Gasteiger partial charge in [-0.1, -0.05) is 29.8 Å². The van der Waals surface area contributed by atoms with Gasteiger partial charge in [0.25, 0.3) is 5.91 Å². The van der Waals surface area contributed by atoms with Crippen LogP contribution < -0.4 is 10.1 Å². The fourth-order valence-electron chi connectivity index (χ4n) is 2.17. The Morgan fingerprint density at radius 1 is 1.12 bits per heavy atom. The van der Waals surface area contributed by atoms with E-state index in [-0.39, 0.29) is 12.0 Å². The minimum absolute atomic E-state index is 0.0618. The lowest BCUT2D eigenvalue weighted by Gasteiger charge is -2.15. The minimum atomic E-state index is -1.16. The van der Waals surface area contributed by atoms with Crippen LogP contribution in [0.3, 0.4) is 0 Å². The van der Waals surface area contributed by atoms with E-state index in [2.05, 4.69) is 5.32 Å². The number of carboxylic acids is 1. The van der Waals surface area contributed by atoms with Gasteiger partial charge in [0.2, 0.25) is 0 Å². The number of benzene rings is 2. The Labute approximate surface area is 149 Å². The summed E-state index contributed by atoms with van der Waals surface area (Å²) in [6.45, 7) is 1.27. The number of hydrogen-bond acceptors (Lipinski definition) is 4. The summed E-state index contributed by atoms with van der Waals surface area (Å²) in [5.41, 5.74) is 0.878. The quantitative estimate of drug-likeness (QED) is 0.609. The molecule has 0 unspecified atom stereocenters. The Bertz CT molecular complexity index is 788. The van der Waals surface area contributed by atoms with Crippen LogP contribution in [0, 0.1) is 0 Å². The maximum Gasteiger partial charge on any atom is 0.326 e. The van der Waals surface area contributed by atoms with Gasteiger partial charge in [-0.3, -0.25) is 9.59 Å². The average molecular weight is 362 g/mol. The third-order valence-electron chi connectivity index (χ3n) is 3.36. The Kier molecular flexibility index (Phi) is 6.14. The second-order valence-electron chi connectivity index (χ2n) is 5.28. The number of carbonyl (C=O) groups excluding carboxylic acids is 2. The molecule has 0 aromatic heterocycles. The first-order chi connectivity index (χ1) is 11.9. The summed E-state index contributed by atoms with van der Waals surface area (Å²) in [6, 6.07) is 11.5. The van der Waals surface area contributed by atoms with E-state index in [1.807, 2.05) is 0 Å². The van der Waals surface area contributed by atoms with Gasteiger partial charge >= 0.3 is 11.9 Å². The Balaban J connectivity index is 2.08. The molecule has 0 saturated heterocycles. The van der Waals surface area contributed by atoms with Crippen LogP contribution in [0.4, 0.5) is 0 Å². The molecule has 0 fully saturated rings. The van der Waals surface area contributed by atoms with Crippen molar-refractivity contribution in [1.82, 2.24) is 5.32 Å². The van der Waals surface area contributed by atoms with Gasteiger partial charge in [0, 0.05) is 23.9 Å². The van der Waals surface area contributed by atoms with Gasteiger partial charge in [-0.25, -0.2) is 4.79 Å². The summed E-state index contributed by atoms with van der Waals surface area (Å²) >= 11 is 6.04. The number of carbonyl (C=O) groups is 3. The predicted molar refractivity (Wildman–Crippen MR) is 91.8 cm³/mol. The monoisotopic (exact) mass is 361 g/mol. The van der Waals surface area contributed by atoms with E-state index in [1.165, 1.54) is 31.2 Å². The van der Waals surface area contributed by atoms with Crippen molar-refractivity contribution in [3.63, 3.8) is 0 Å². The molecule has 0 bridgehead atoms. The number of halogens is 1. The van der Waals surface area contributed by atoms with Gasteiger partial charge in [0.1, 0.15) is 11.8 Å². The fourth-order valence-corrected chi connectivity index (χ4v) is 2.38. The zero-order valence-corrected chi connectivity index (χ0v) is 14.1. The molecule has 130 valence electrons. The van der Waals surface area contributed by atoms with E-state index in [4.69, 9.17) is 16.3 Å². The maximum atomic E-state index is 12.3. The van der Waals surface area contributed by atoms with Gasteiger partial charge in [-0.15, -0.1) is 0 Å². The molecule has 0 heterocycles. The predicted octanol–water partition coefficient (Wildman–Crippen LogP) is 2.69. The average Bonchev–Trinajstić information content (AvgIpc) is 2.56. The molecule has 0 radical (unpaired) electrons. The van der Waals surface area contributed by atoms with Crippen LogP contribution in [0.5, 0.6) is 5.75 Å². The van der Waals surface area contributed by atoms with Crippen molar-refractivity contribution >= 4 is 29.4 Å². The normalized spacial score (nSPS) is 11.4. The smallest absolute Gasteiger partial charge is 0.326 e. The van der Waals surface area contributed by atoms with E-state index in [9.17, 15) is 19.5 Å². The van der Waals surface area contributed by atoms with Gasteiger partial charge in [-0.05, 0) is 35.9 Å². The van der Waals surface area contributed by atoms with Crippen LogP contribution in [0.1, 0.15) is 22.8 Å². The van der Waals surface area contributed by atoms with Crippen LogP contribution >= 0.6 is 11.6 Å². The first-order valence-electron chi connectivity index (χ1n) is 7.42. The highest BCUT2D eigenvalue weighted by atomic mass is 35.5. The minimum Gasteiger partial charge on any atom is -0.480 e. The summed E-state index contributed by atoms with van der Waals surface area (Å²) in [6.07, 6.45) is 0.0618. The number of rotatable bonds is 6. The van der Waals surface area contributed by atoms with Crippen LogP contribution in [0.2, 0.25) is 5.02 Å². The summed E-state index contributed by atoms with van der Waals surface area (Å²) < 4.78 is 4.88. The van der Waals surface area contributed by atoms with Crippen LogP contribution in [0.25, 0.3) is 0 Å². The second-order valence-corrected chi connectivity index (χ2v) is 5.69. The topological polar surface area (TPSA) is 92.7 Å². The van der Waals surface area contributed by atoms with E-state index >= 15 is 0 Å². The molecule has 2 aromatic carbocycles. The molecule has 1 atom stereocenters. The molecule has 0 saturated carbocycles. The molecule has 1 amide bonds. The molecule has 25 heavy (non-hydrogen) atoms. The fraction of sp³-hybridized carbons (Fsp3) is 0.167. The summed E-state index contributed by atoms with van der Waals surface area (Å²) in [5, 5.41) is 12.3. The molecule has 2 rings (SSSR count). The second kappa shape index (κ2) is 8.30.